The second-order valence-corrected chi connectivity index (χ2v) is 7.55. The van der Waals surface area contributed by atoms with Crippen LogP contribution in [0.3, 0.4) is 0 Å². The summed E-state index contributed by atoms with van der Waals surface area (Å²) in [6.45, 7) is 4.26. The Labute approximate surface area is 174 Å². The molecule has 0 saturated heterocycles. The van der Waals surface area contributed by atoms with Crippen LogP contribution in [0.4, 0.5) is 4.39 Å². The van der Waals surface area contributed by atoms with Crippen molar-refractivity contribution < 1.29 is 4.39 Å². The minimum atomic E-state index is -0.160. The molecule has 0 amide bonds. The molecule has 0 radical (unpaired) electrons. The number of hydrogen-bond donors (Lipinski definition) is 0. The van der Waals surface area contributed by atoms with Crippen LogP contribution in [0.25, 0.3) is 12.2 Å². The molecule has 0 aliphatic heterocycles. The fraction of sp³-hybridized carbons (Fsp3) is 0.214. The number of rotatable bonds is 8. The van der Waals surface area contributed by atoms with Gasteiger partial charge in [0.2, 0.25) is 0 Å². The molecule has 0 aliphatic rings. The monoisotopic (exact) mass is 384 g/mol. The molecule has 0 aromatic heterocycles. The molecule has 3 aromatic rings. The Morgan fingerprint density at radius 2 is 1.59 bits per heavy atom. The summed E-state index contributed by atoms with van der Waals surface area (Å²) in [7, 11) is 0. The lowest BCUT2D eigenvalue weighted by atomic mass is 9.93. The largest absolute Gasteiger partial charge is 0.206 e. The van der Waals surface area contributed by atoms with E-state index in [0.29, 0.717) is 11.5 Å². The lowest BCUT2D eigenvalue weighted by molar-refractivity contribution is 0.622. The van der Waals surface area contributed by atoms with E-state index in [1.54, 1.807) is 6.07 Å². The van der Waals surface area contributed by atoms with Gasteiger partial charge in [0, 0.05) is 5.56 Å². The molecule has 0 nitrogen and oxygen atoms in total. The van der Waals surface area contributed by atoms with Gasteiger partial charge in [0.1, 0.15) is 5.82 Å². The third kappa shape index (κ3) is 6.29. The Balaban J connectivity index is 1.61. The minimum Gasteiger partial charge on any atom is -0.206 e. The first-order chi connectivity index (χ1) is 14.2. The van der Waals surface area contributed by atoms with Crippen molar-refractivity contribution in [2.45, 2.75) is 39.0 Å². The molecule has 3 aromatic carbocycles. The standard InChI is InChI=1S/C28H29F/c1-3-4-6-9-24-17-19-27(28(29)21-24)18-16-23-12-14-25(15-13-23)20-22(2)26-10-7-5-8-11-26/h3-5,7-8,10-19,21-22H,6,9,20H2,1-2H3/t22-/m1/s1. The molecule has 0 fully saturated rings. The molecule has 3 rings (SSSR count). The van der Waals surface area contributed by atoms with Gasteiger partial charge < -0.3 is 0 Å². The van der Waals surface area contributed by atoms with E-state index < -0.39 is 0 Å². The summed E-state index contributed by atoms with van der Waals surface area (Å²) in [4.78, 5) is 0. The summed E-state index contributed by atoms with van der Waals surface area (Å²) < 4.78 is 14.4. The molecule has 0 unspecified atom stereocenters. The molecule has 148 valence electrons. The van der Waals surface area contributed by atoms with Crippen LogP contribution >= 0.6 is 0 Å². The maximum Gasteiger partial charge on any atom is 0.130 e. The zero-order valence-corrected chi connectivity index (χ0v) is 17.3. The maximum absolute atomic E-state index is 14.4. The average Bonchev–Trinajstić information content (AvgIpc) is 2.75. The Morgan fingerprint density at radius 1 is 0.862 bits per heavy atom. The summed E-state index contributed by atoms with van der Waals surface area (Å²) in [5.41, 5.74) is 5.42. The van der Waals surface area contributed by atoms with Gasteiger partial charge in [-0.2, -0.15) is 0 Å². The topological polar surface area (TPSA) is 0 Å². The first kappa shape index (κ1) is 20.8. The van der Waals surface area contributed by atoms with Crippen molar-refractivity contribution in [2.75, 3.05) is 0 Å². The van der Waals surface area contributed by atoms with Crippen molar-refractivity contribution in [1.82, 2.24) is 0 Å². The zero-order valence-electron chi connectivity index (χ0n) is 17.3. The van der Waals surface area contributed by atoms with Gasteiger partial charge in [-0.3, -0.25) is 0 Å². The van der Waals surface area contributed by atoms with E-state index in [1.165, 1.54) is 11.1 Å². The molecule has 0 N–H and O–H groups in total. The van der Waals surface area contributed by atoms with Gasteiger partial charge in [-0.25, -0.2) is 4.39 Å². The van der Waals surface area contributed by atoms with E-state index in [-0.39, 0.29) is 5.82 Å². The number of allylic oxidation sites excluding steroid dienone is 2. The Morgan fingerprint density at radius 3 is 2.28 bits per heavy atom. The first-order valence-corrected chi connectivity index (χ1v) is 10.4. The molecular formula is C28H29F. The number of halogens is 1. The van der Waals surface area contributed by atoms with Crippen LogP contribution in [0.1, 0.15) is 54.0 Å². The Kier molecular flexibility index (Phi) is 7.58. The van der Waals surface area contributed by atoms with Gasteiger partial charge in [0.05, 0.1) is 0 Å². The summed E-state index contributed by atoms with van der Waals surface area (Å²) in [6.07, 6.45) is 10.8. The van der Waals surface area contributed by atoms with Crippen molar-refractivity contribution in [1.29, 1.82) is 0 Å². The van der Waals surface area contributed by atoms with Crippen molar-refractivity contribution >= 4 is 12.2 Å². The third-order valence-electron chi connectivity index (χ3n) is 5.25. The van der Waals surface area contributed by atoms with Gasteiger partial charge in [-0.05, 0) is 60.4 Å². The van der Waals surface area contributed by atoms with Crippen molar-refractivity contribution in [3.05, 3.63) is 119 Å². The van der Waals surface area contributed by atoms with Crippen LogP contribution in [0.5, 0.6) is 0 Å². The van der Waals surface area contributed by atoms with Crippen LogP contribution in [0, 0.1) is 5.82 Å². The van der Waals surface area contributed by atoms with Crippen molar-refractivity contribution in [3.63, 3.8) is 0 Å². The second-order valence-electron chi connectivity index (χ2n) is 7.55. The highest BCUT2D eigenvalue weighted by atomic mass is 19.1. The van der Waals surface area contributed by atoms with Gasteiger partial charge in [0.25, 0.3) is 0 Å². The summed E-state index contributed by atoms with van der Waals surface area (Å²) in [5, 5.41) is 0. The van der Waals surface area contributed by atoms with Gasteiger partial charge in [0.15, 0.2) is 0 Å². The molecule has 0 spiro atoms. The normalized spacial score (nSPS) is 12.7. The van der Waals surface area contributed by atoms with E-state index in [1.807, 2.05) is 37.3 Å². The van der Waals surface area contributed by atoms with Crippen molar-refractivity contribution in [2.24, 2.45) is 0 Å². The molecule has 0 heterocycles. The highest BCUT2D eigenvalue weighted by Gasteiger charge is 2.06. The van der Waals surface area contributed by atoms with Crippen molar-refractivity contribution in [3.8, 4) is 0 Å². The fourth-order valence-corrected chi connectivity index (χ4v) is 3.48. The molecule has 0 bridgehead atoms. The van der Waals surface area contributed by atoms with E-state index in [4.69, 9.17) is 0 Å². The van der Waals surface area contributed by atoms with Gasteiger partial charge in [-0.15, -0.1) is 0 Å². The number of aryl methyl sites for hydroxylation is 1. The van der Waals surface area contributed by atoms with Gasteiger partial charge >= 0.3 is 0 Å². The average molecular weight is 385 g/mol. The van der Waals surface area contributed by atoms with E-state index in [2.05, 4.69) is 67.6 Å². The molecule has 0 saturated carbocycles. The van der Waals surface area contributed by atoms with Gasteiger partial charge in [-0.1, -0.05) is 98.0 Å². The van der Waals surface area contributed by atoms with Crippen LogP contribution in [-0.2, 0) is 12.8 Å². The van der Waals surface area contributed by atoms with E-state index in [0.717, 1.165) is 30.4 Å². The molecule has 29 heavy (non-hydrogen) atoms. The molecule has 1 atom stereocenters. The minimum absolute atomic E-state index is 0.160. The van der Waals surface area contributed by atoms with E-state index >= 15 is 0 Å². The number of benzene rings is 3. The quantitative estimate of drug-likeness (QED) is 0.274. The predicted molar refractivity (Wildman–Crippen MR) is 123 cm³/mol. The lowest BCUT2D eigenvalue weighted by Crippen LogP contribution is -1.98. The lowest BCUT2D eigenvalue weighted by Gasteiger charge is -2.12. The molecular weight excluding hydrogens is 355 g/mol. The Bertz CT molecular complexity index is 949. The van der Waals surface area contributed by atoms with Crippen LogP contribution in [-0.4, -0.2) is 0 Å². The second kappa shape index (κ2) is 10.6. The Hall–Kier alpha value is -2.93. The van der Waals surface area contributed by atoms with Crippen LogP contribution < -0.4 is 0 Å². The summed E-state index contributed by atoms with van der Waals surface area (Å²) in [5.74, 6) is 0.325. The SMILES string of the molecule is CC=CCCc1ccc(C=Cc2ccc(C[C@@H](C)c3ccccc3)cc2)c(F)c1. The molecule has 0 aliphatic carbocycles. The highest BCUT2D eigenvalue weighted by molar-refractivity contribution is 5.70. The zero-order chi connectivity index (χ0) is 20.5. The van der Waals surface area contributed by atoms with Crippen LogP contribution in [0.2, 0.25) is 0 Å². The van der Waals surface area contributed by atoms with E-state index in [9.17, 15) is 4.39 Å². The maximum atomic E-state index is 14.4. The summed E-state index contributed by atoms with van der Waals surface area (Å²) >= 11 is 0. The fourth-order valence-electron chi connectivity index (χ4n) is 3.48. The summed E-state index contributed by atoms with van der Waals surface area (Å²) in [6, 6.07) is 24.7. The molecule has 1 heteroatoms. The number of hydrogen-bond acceptors (Lipinski definition) is 0. The first-order valence-electron chi connectivity index (χ1n) is 10.4. The smallest absolute Gasteiger partial charge is 0.130 e. The highest BCUT2D eigenvalue weighted by Crippen LogP contribution is 2.21. The van der Waals surface area contributed by atoms with Crippen LogP contribution in [0.15, 0.2) is 84.9 Å². The predicted octanol–water partition coefficient (Wildman–Crippen LogP) is 7.85. The third-order valence-corrected chi connectivity index (χ3v) is 5.25.